The van der Waals surface area contributed by atoms with E-state index in [1.165, 1.54) is 18.2 Å². The van der Waals surface area contributed by atoms with Gasteiger partial charge in [-0.2, -0.15) is 0 Å². The summed E-state index contributed by atoms with van der Waals surface area (Å²) in [5, 5.41) is 9.11. The molecule has 0 aliphatic rings. The summed E-state index contributed by atoms with van der Waals surface area (Å²) in [6, 6.07) is 4.23. The second-order valence-electron chi connectivity index (χ2n) is 5.03. The Labute approximate surface area is 107 Å². The fourth-order valence-electron chi connectivity index (χ4n) is 2.11. The number of hydrogen-bond acceptors (Lipinski definition) is 2. The molecule has 1 N–H and O–H groups in total. The highest BCUT2D eigenvalue weighted by Gasteiger charge is 2.21. The van der Waals surface area contributed by atoms with Crippen LogP contribution in [0.5, 0.6) is 0 Å². The molecule has 0 amide bonds. The van der Waals surface area contributed by atoms with Gasteiger partial charge in [0.1, 0.15) is 5.82 Å². The SMILES string of the molecule is CC(C)CC(C)N(C)c1c(F)cccc1C(=O)O. The average Bonchev–Trinajstić information content (AvgIpc) is 2.26. The van der Waals surface area contributed by atoms with Gasteiger partial charge in [0, 0.05) is 13.1 Å². The van der Waals surface area contributed by atoms with Crippen molar-refractivity contribution in [1.29, 1.82) is 0 Å². The number of benzene rings is 1. The minimum Gasteiger partial charge on any atom is -0.478 e. The van der Waals surface area contributed by atoms with Crippen molar-refractivity contribution < 1.29 is 14.3 Å². The van der Waals surface area contributed by atoms with Crippen LogP contribution in [-0.2, 0) is 0 Å². The van der Waals surface area contributed by atoms with Gasteiger partial charge < -0.3 is 10.0 Å². The Morgan fingerprint density at radius 3 is 2.50 bits per heavy atom. The molecule has 4 heteroatoms. The first-order valence-electron chi connectivity index (χ1n) is 6.09. The van der Waals surface area contributed by atoms with E-state index in [0.29, 0.717) is 5.92 Å². The van der Waals surface area contributed by atoms with Gasteiger partial charge in [-0.05, 0) is 31.4 Å². The molecule has 100 valence electrons. The quantitative estimate of drug-likeness (QED) is 0.874. The predicted octanol–water partition coefficient (Wildman–Crippen LogP) is 3.39. The molecule has 1 aromatic rings. The normalized spacial score (nSPS) is 12.6. The molecular formula is C14H20FNO2. The molecule has 3 nitrogen and oxygen atoms in total. The number of halogens is 1. The lowest BCUT2D eigenvalue weighted by Gasteiger charge is -2.29. The number of nitrogens with zero attached hydrogens (tertiary/aromatic N) is 1. The molecule has 0 bridgehead atoms. The van der Waals surface area contributed by atoms with Crippen LogP contribution in [0.25, 0.3) is 0 Å². The average molecular weight is 253 g/mol. The van der Waals surface area contributed by atoms with Crippen molar-refractivity contribution in [1.82, 2.24) is 0 Å². The van der Waals surface area contributed by atoms with E-state index >= 15 is 0 Å². The van der Waals surface area contributed by atoms with Crippen LogP contribution in [0.2, 0.25) is 0 Å². The van der Waals surface area contributed by atoms with Crippen LogP contribution in [0.4, 0.5) is 10.1 Å². The Kier molecular flexibility index (Phi) is 4.70. The summed E-state index contributed by atoms with van der Waals surface area (Å²) in [5.74, 6) is -1.12. The molecule has 0 fully saturated rings. The van der Waals surface area contributed by atoms with Crippen LogP contribution in [0.15, 0.2) is 18.2 Å². The van der Waals surface area contributed by atoms with Gasteiger partial charge >= 0.3 is 5.97 Å². The van der Waals surface area contributed by atoms with Gasteiger partial charge in [0.15, 0.2) is 0 Å². The third kappa shape index (κ3) is 3.22. The third-order valence-corrected chi connectivity index (χ3v) is 3.04. The fourth-order valence-corrected chi connectivity index (χ4v) is 2.11. The van der Waals surface area contributed by atoms with Crippen molar-refractivity contribution in [2.24, 2.45) is 5.92 Å². The zero-order valence-corrected chi connectivity index (χ0v) is 11.3. The van der Waals surface area contributed by atoms with Crippen LogP contribution in [0, 0.1) is 11.7 Å². The number of anilines is 1. The van der Waals surface area contributed by atoms with Crippen LogP contribution in [0.1, 0.15) is 37.6 Å². The van der Waals surface area contributed by atoms with Crippen LogP contribution in [-0.4, -0.2) is 24.2 Å². The first-order chi connectivity index (χ1) is 8.34. The number of carboxylic acids is 1. The van der Waals surface area contributed by atoms with Gasteiger partial charge in [-0.3, -0.25) is 0 Å². The zero-order valence-electron chi connectivity index (χ0n) is 11.3. The van der Waals surface area contributed by atoms with Crippen LogP contribution < -0.4 is 4.90 Å². The Balaban J connectivity index is 3.11. The number of hydrogen-bond donors (Lipinski definition) is 1. The van der Waals surface area contributed by atoms with Crippen molar-refractivity contribution in [2.75, 3.05) is 11.9 Å². The topological polar surface area (TPSA) is 40.5 Å². The summed E-state index contributed by atoms with van der Waals surface area (Å²) in [4.78, 5) is 12.8. The molecule has 0 radical (unpaired) electrons. The summed E-state index contributed by atoms with van der Waals surface area (Å²) in [5.41, 5.74) is 0.172. The molecule has 0 saturated heterocycles. The minimum atomic E-state index is -1.10. The number of carbonyl (C=O) groups is 1. The lowest BCUT2D eigenvalue weighted by atomic mass is 10.0. The van der Waals surface area contributed by atoms with Gasteiger partial charge in [0.25, 0.3) is 0 Å². The Morgan fingerprint density at radius 2 is 2.00 bits per heavy atom. The summed E-state index contributed by atoms with van der Waals surface area (Å²) in [7, 11) is 1.73. The maximum atomic E-state index is 13.9. The Bertz CT molecular complexity index is 432. The van der Waals surface area contributed by atoms with E-state index in [1.807, 2.05) is 6.92 Å². The first-order valence-corrected chi connectivity index (χ1v) is 6.09. The highest BCUT2D eigenvalue weighted by molar-refractivity contribution is 5.94. The van der Waals surface area contributed by atoms with Crippen LogP contribution >= 0.6 is 0 Å². The van der Waals surface area contributed by atoms with E-state index in [0.717, 1.165) is 6.42 Å². The second-order valence-corrected chi connectivity index (χ2v) is 5.03. The molecule has 0 aromatic heterocycles. The monoisotopic (exact) mass is 253 g/mol. The third-order valence-electron chi connectivity index (χ3n) is 3.04. The highest BCUT2D eigenvalue weighted by atomic mass is 19.1. The zero-order chi connectivity index (χ0) is 13.9. The molecule has 1 aromatic carbocycles. The van der Waals surface area contributed by atoms with E-state index in [2.05, 4.69) is 13.8 Å². The van der Waals surface area contributed by atoms with E-state index < -0.39 is 11.8 Å². The van der Waals surface area contributed by atoms with Gasteiger partial charge in [-0.15, -0.1) is 0 Å². The maximum Gasteiger partial charge on any atom is 0.337 e. The number of rotatable bonds is 5. The highest BCUT2D eigenvalue weighted by Crippen LogP contribution is 2.26. The van der Waals surface area contributed by atoms with E-state index in [-0.39, 0.29) is 17.3 Å². The molecule has 1 unspecified atom stereocenters. The molecule has 18 heavy (non-hydrogen) atoms. The molecule has 0 spiro atoms. The van der Waals surface area contributed by atoms with Crippen molar-refractivity contribution in [3.05, 3.63) is 29.6 Å². The molecule has 0 saturated carbocycles. The van der Waals surface area contributed by atoms with Crippen molar-refractivity contribution in [2.45, 2.75) is 33.2 Å². The van der Waals surface area contributed by atoms with E-state index in [4.69, 9.17) is 5.11 Å². The predicted molar refractivity (Wildman–Crippen MR) is 70.7 cm³/mol. The largest absolute Gasteiger partial charge is 0.478 e. The van der Waals surface area contributed by atoms with Gasteiger partial charge in [-0.1, -0.05) is 19.9 Å². The maximum absolute atomic E-state index is 13.9. The summed E-state index contributed by atoms with van der Waals surface area (Å²) in [6.45, 7) is 6.14. The van der Waals surface area contributed by atoms with Crippen LogP contribution in [0.3, 0.4) is 0 Å². The first kappa shape index (κ1) is 14.5. The minimum absolute atomic E-state index is 0.00751. The van der Waals surface area contributed by atoms with Gasteiger partial charge in [-0.25, -0.2) is 9.18 Å². The number of carboxylic acid groups (broad SMARTS) is 1. The molecule has 0 aliphatic carbocycles. The van der Waals surface area contributed by atoms with Gasteiger partial charge in [0.05, 0.1) is 11.3 Å². The number of aromatic carboxylic acids is 1. The summed E-state index contributed by atoms with van der Waals surface area (Å²) < 4.78 is 13.9. The number of para-hydroxylation sites is 1. The lowest BCUT2D eigenvalue weighted by Crippen LogP contribution is -2.32. The molecular weight excluding hydrogens is 233 g/mol. The molecule has 1 atom stereocenters. The van der Waals surface area contributed by atoms with Crippen molar-refractivity contribution >= 4 is 11.7 Å². The summed E-state index contributed by atoms with van der Waals surface area (Å²) >= 11 is 0. The summed E-state index contributed by atoms with van der Waals surface area (Å²) in [6.07, 6.45) is 0.879. The van der Waals surface area contributed by atoms with Crippen molar-refractivity contribution in [3.63, 3.8) is 0 Å². The second kappa shape index (κ2) is 5.85. The smallest absolute Gasteiger partial charge is 0.337 e. The van der Waals surface area contributed by atoms with E-state index in [1.54, 1.807) is 11.9 Å². The Hall–Kier alpha value is -1.58. The molecule has 0 aliphatic heterocycles. The Morgan fingerprint density at radius 1 is 1.39 bits per heavy atom. The molecule has 0 heterocycles. The fraction of sp³-hybridized carbons (Fsp3) is 0.500. The van der Waals surface area contributed by atoms with Gasteiger partial charge in [0.2, 0.25) is 0 Å². The van der Waals surface area contributed by atoms with Crippen molar-refractivity contribution in [3.8, 4) is 0 Å². The lowest BCUT2D eigenvalue weighted by molar-refractivity contribution is 0.0697. The standard InChI is InChI=1S/C14H20FNO2/c1-9(2)8-10(3)16(4)13-11(14(17)18)6-5-7-12(13)15/h5-7,9-10H,8H2,1-4H3,(H,17,18). The molecule has 1 rings (SSSR count). The van der Waals surface area contributed by atoms with E-state index in [9.17, 15) is 9.18 Å².